The molecular weight excluding hydrogens is 424 g/mol. The summed E-state index contributed by atoms with van der Waals surface area (Å²) in [7, 11) is -3.69. The lowest BCUT2D eigenvalue weighted by atomic mass is 10.0. The fraction of sp³-hybridized carbons (Fsp3) is 0.318. The van der Waals surface area contributed by atoms with Crippen LogP contribution in [-0.4, -0.2) is 25.8 Å². The summed E-state index contributed by atoms with van der Waals surface area (Å²) in [6, 6.07) is 10.2. The van der Waals surface area contributed by atoms with Gasteiger partial charge in [0, 0.05) is 36.8 Å². The van der Waals surface area contributed by atoms with Crippen molar-refractivity contribution >= 4 is 38.3 Å². The molecular formula is C22H25ClN2O4S. The van der Waals surface area contributed by atoms with Gasteiger partial charge in [0.15, 0.2) is 0 Å². The van der Waals surface area contributed by atoms with Crippen LogP contribution in [0, 0.1) is 13.8 Å². The lowest BCUT2D eigenvalue weighted by Gasteiger charge is -2.20. The number of hydrogen-bond donors (Lipinski definition) is 1. The highest BCUT2D eigenvalue weighted by atomic mass is 35.5. The van der Waals surface area contributed by atoms with E-state index in [1.54, 1.807) is 26.0 Å². The molecule has 1 aromatic heterocycles. The highest BCUT2D eigenvalue weighted by Gasteiger charge is 2.24. The van der Waals surface area contributed by atoms with Gasteiger partial charge in [0.05, 0.1) is 5.02 Å². The van der Waals surface area contributed by atoms with Crippen molar-refractivity contribution in [1.29, 1.82) is 0 Å². The lowest BCUT2D eigenvalue weighted by molar-refractivity contribution is 0.445. The molecule has 0 spiro atoms. The SMILES string of the molecule is CCN(CC)S(=O)(=O)c1cc(NCc2cc(=O)oc3c(C)c(C)ccc23)ccc1Cl. The number of nitrogens with zero attached hydrogens (tertiary/aromatic N) is 1. The molecule has 160 valence electrons. The fourth-order valence-corrected chi connectivity index (χ4v) is 5.34. The van der Waals surface area contributed by atoms with Gasteiger partial charge in [0.1, 0.15) is 10.5 Å². The maximum atomic E-state index is 12.9. The van der Waals surface area contributed by atoms with E-state index in [1.165, 1.54) is 16.4 Å². The van der Waals surface area contributed by atoms with Crippen molar-refractivity contribution in [2.24, 2.45) is 0 Å². The molecule has 0 saturated heterocycles. The van der Waals surface area contributed by atoms with E-state index in [2.05, 4.69) is 5.32 Å². The lowest BCUT2D eigenvalue weighted by Crippen LogP contribution is -2.30. The smallest absolute Gasteiger partial charge is 0.336 e. The molecule has 0 aliphatic heterocycles. The van der Waals surface area contributed by atoms with Crippen molar-refractivity contribution in [3.8, 4) is 0 Å². The Balaban J connectivity index is 1.96. The number of nitrogens with one attached hydrogen (secondary N) is 1. The quantitative estimate of drug-likeness (QED) is 0.529. The average molecular weight is 449 g/mol. The van der Waals surface area contributed by atoms with Gasteiger partial charge in [-0.3, -0.25) is 0 Å². The first-order chi connectivity index (χ1) is 14.2. The van der Waals surface area contributed by atoms with Crippen LogP contribution in [0.25, 0.3) is 11.0 Å². The minimum Gasteiger partial charge on any atom is -0.422 e. The molecule has 1 N–H and O–H groups in total. The van der Waals surface area contributed by atoms with Crippen molar-refractivity contribution < 1.29 is 12.8 Å². The van der Waals surface area contributed by atoms with Gasteiger partial charge in [0.25, 0.3) is 0 Å². The number of benzene rings is 2. The molecule has 0 saturated carbocycles. The van der Waals surface area contributed by atoms with Crippen molar-refractivity contribution in [3.63, 3.8) is 0 Å². The molecule has 0 aliphatic rings. The van der Waals surface area contributed by atoms with Gasteiger partial charge in [0.2, 0.25) is 10.0 Å². The monoisotopic (exact) mass is 448 g/mol. The standard InChI is InChI=1S/C22H25ClN2O4S/c1-5-25(6-2)30(27,28)20-12-17(8-10-19(20)23)24-13-16-11-21(26)29-22-15(4)14(3)7-9-18(16)22/h7-12,24H,5-6,13H2,1-4H3. The van der Waals surface area contributed by atoms with E-state index >= 15 is 0 Å². The minimum atomic E-state index is -3.69. The molecule has 0 amide bonds. The Morgan fingerprint density at radius 1 is 1.07 bits per heavy atom. The molecule has 2 aromatic carbocycles. The fourth-order valence-electron chi connectivity index (χ4n) is 3.38. The molecule has 0 bridgehead atoms. The third-order valence-corrected chi connectivity index (χ3v) is 7.79. The number of fused-ring (bicyclic) bond motifs is 1. The Labute approximate surface area is 181 Å². The van der Waals surface area contributed by atoms with Gasteiger partial charge in [-0.15, -0.1) is 0 Å². The number of anilines is 1. The van der Waals surface area contributed by atoms with E-state index in [4.69, 9.17) is 16.0 Å². The van der Waals surface area contributed by atoms with Crippen molar-refractivity contribution in [1.82, 2.24) is 4.31 Å². The third kappa shape index (κ3) is 4.24. The van der Waals surface area contributed by atoms with Gasteiger partial charge in [-0.1, -0.05) is 37.6 Å². The topological polar surface area (TPSA) is 79.6 Å². The second kappa shape index (κ2) is 8.79. The normalized spacial score (nSPS) is 11.9. The zero-order valence-electron chi connectivity index (χ0n) is 17.5. The van der Waals surface area contributed by atoms with Crippen LogP contribution in [0.4, 0.5) is 5.69 Å². The summed E-state index contributed by atoms with van der Waals surface area (Å²) in [5.41, 5.74) is 3.47. The third-order valence-electron chi connectivity index (χ3n) is 5.25. The summed E-state index contributed by atoms with van der Waals surface area (Å²) in [6.45, 7) is 8.50. The highest BCUT2D eigenvalue weighted by Crippen LogP contribution is 2.29. The molecule has 0 radical (unpaired) electrons. The number of sulfonamides is 1. The summed E-state index contributed by atoms with van der Waals surface area (Å²) in [5, 5.41) is 4.22. The van der Waals surface area contributed by atoms with Gasteiger partial charge in [-0.05, 0) is 48.7 Å². The Morgan fingerprint density at radius 2 is 1.77 bits per heavy atom. The maximum Gasteiger partial charge on any atom is 0.336 e. The number of hydrogen-bond acceptors (Lipinski definition) is 5. The zero-order valence-corrected chi connectivity index (χ0v) is 19.0. The molecule has 0 atom stereocenters. The summed E-state index contributed by atoms with van der Waals surface area (Å²) in [4.78, 5) is 12.1. The van der Waals surface area contributed by atoms with E-state index in [9.17, 15) is 13.2 Å². The van der Waals surface area contributed by atoms with Crippen LogP contribution in [0.1, 0.15) is 30.5 Å². The van der Waals surface area contributed by atoms with Crippen LogP contribution in [0.3, 0.4) is 0 Å². The molecule has 30 heavy (non-hydrogen) atoms. The molecule has 0 unspecified atom stereocenters. The first-order valence-electron chi connectivity index (χ1n) is 9.75. The van der Waals surface area contributed by atoms with E-state index in [1.807, 2.05) is 26.0 Å². The molecule has 8 heteroatoms. The Kier molecular flexibility index (Phi) is 6.55. The van der Waals surface area contributed by atoms with E-state index in [-0.39, 0.29) is 9.92 Å². The zero-order chi connectivity index (χ0) is 22.1. The van der Waals surface area contributed by atoms with Gasteiger partial charge in [-0.2, -0.15) is 4.31 Å². The van der Waals surface area contributed by atoms with Crippen LogP contribution in [0.15, 0.2) is 50.5 Å². The van der Waals surface area contributed by atoms with Crippen molar-refractivity contribution in [3.05, 3.63) is 68.5 Å². The maximum absolute atomic E-state index is 12.9. The Bertz CT molecular complexity index is 1250. The van der Waals surface area contributed by atoms with Crippen LogP contribution >= 0.6 is 11.6 Å². The van der Waals surface area contributed by atoms with E-state index in [0.29, 0.717) is 30.9 Å². The largest absolute Gasteiger partial charge is 0.422 e. The molecule has 3 rings (SSSR count). The molecule has 1 heterocycles. The van der Waals surface area contributed by atoms with Gasteiger partial charge in [-0.25, -0.2) is 13.2 Å². The Morgan fingerprint density at radius 3 is 2.43 bits per heavy atom. The highest BCUT2D eigenvalue weighted by molar-refractivity contribution is 7.89. The van der Waals surface area contributed by atoms with Crippen molar-refractivity contribution in [2.45, 2.75) is 39.1 Å². The molecule has 0 fully saturated rings. The van der Waals surface area contributed by atoms with E-state index < -0.39 is 15.6 Å². The molecule has 0 aliphatic carbocycles. The predicted octanol–water partition coefficient (Wildman–Crippen LogP) is 4.71. The minimum absolute atomic E-state index is 0.0572. The first kappa shape index (κ1) is 22.3. The van der Waals surface area contributed by atoms with E-state index in [0.717, 1.165) is 22.1 Å². The number of aryl methyl sites for hydroxylation is 2. The summed E-state index contributed by atoms with van der Waals surface area (Å²) in [5.74, 6) is 0. The second-order valence-corrected chi connectivity index (χ2v) is 9.38. The average Bonchev–Trinajstić information content (AvgIpc) is 2.70. The van der Waals surface area contributed by atoms with Crippen LogP contribution in [-0.2, 0) is 16.6 Å². The van der Waals surface area contributed by atoms with Gasteiger partial charge < -0.3 is 9.73 Å². The van der Waals surface area contributed by atoms with Crippen LogP contribution in [0.5, 0.6) is 0 Å². The number of rotatable bonds is 7. The Hall–Kier alpha value is -2.35. The van der Waals surface area contributed by atoms with Gasteiger partial charge >= 0.3 is 5.63 Å². The van der Waals surface area contributed by atoms with Crippen LogP contribution in [0.2, 0.25) is 5.02 Å². The summed E-state index contributed by atoms with van der Waals surface area (Å²) < 4.78 is 32.6. The molecule has 3 aromatic rings. The first-order valence-corrected chi connectivity index (χ1v) is 11.6. The summed E-state index contributed by atoms with van der Waals surface area (Å²) in [6.07, 6.45) is 0. The number of halogens is 1. The second-order valence-electron chi connectivity index (χ2n) is 7.06. The van der Waals surface area contributed by atoms with Crippen LogP contribution < -0.4 is 10.9 Å². The molecule has 6 nitrogen and oxygen atoms in total. The van der Waals surface area contributed by atoms with Crippen molar-refractivity contribution in [2.75, 3.05) is 18.4 Å². The summed E-state index contributed by atoms with van der Waals surface area (Å²) >= 11 is 6.20. The predicted molar refractivity (Wildman–Crippen MR) is 121 cm³/mol.